The summed E-state index contributed by atoms with van der Waals surface area (Å²) in [5.41, 5.74) is 0. The summed E-state index contributed by atoms with van der Waals surface area (Å²) >= 11 is 0. The molecule has 0 fully saturated rings. The van der Waals surface area contributed by atoms with Crippen molar-refractivity contribution in [2.45, 2.75) is 19.9 Å². The monoisotopic (exact) mass is 279 g/mol. The van der Waals surface area contributed by atoms with E-state index in [1.807, 2.05) is 13.8 Å². The molecule has 0 rings (SSSR count). The Bertz CT molecular complexity index is 47.0. The summed E-state index contributed by atoms with van der Waals surface area (Å²) in [4.78, 5) is 9.38. The predicted octanol–water partition coefficient (Wildman–Crippen LogP) is 0.0491. The molecule has 0 bridgehead atoms. The molecule has 0 aliphatic rings. The largest absolute Gasteiger partial charge is 0.528 e. The van der Waals surface area contributed by atoms with E-state index in [1.165, 1.54) is 0 Å². The van der Waals surface area contributed by atoms with Crippen LogP contribution in [0.1, 0.15) is 13.8 Å². The number of carbonyl (C=O) groups excluding carboxylic acids is 1. The zero-order valence-corrected chi connectivity index (χ0v) is 6.71. The number of nitrogens with one attached hydrogen (secondary N) is 1. The Morgan fingerprint density at radius 3 is 2.00 bits per heavy atom. The molecule has 3 heteroatoms. The van der Waals surface area contributed by atoms with Crippen LogP contribution in [-0.2, 0) is 24.9 Å². The Hall–Kier alpha value is 0.119. The minimum absolute atomic E-state index is 0. The van der Waals surface area contributed by atoms with E-state index < -0.39 is 0 Å². The van der Waals surface area contributed by atoms with E-state index in [2.05, 4.69) is 5.32 Å². The van der Waals surface area contributed by atoms with Crippen LogP contribution in [0.25, 0.3) is 0 Å². The smallest absolute Gasteiger partial charge is 0 e. The maximum Gasteiger partial charge on any atom is 0 e. The maximum atomic E-state index is 9.38. The molecule has 7 heavy (non-hydrogen) atoms. The molecule has 1 radical (unpaired) electrons. The third kappa shape index (κ3) is 10.7. The summed E-state index contributed by atoms with van der Waals surface area (Å²) in [6, 6.07) is 0.225. The Labute approximate surface area is 57.0 Å². The molecule has 1 N–H and O–H groups in total. The van der Waals surface area contributed by atoms with Crippen molar-refractivity contribution in [3.05, 3.63) is 0 Å². The van der Waals surface area contributed by atoms with Crippen LogP contribution >= 0.6 is 0 Å². The second-order valence-electron chi connectivity index (χ2n) is 1.40. The second kappa shape index (κ2) is 6.12. The van der Waals surface area contributed by atoms with Crippen molar-refractivity contribution in [2.75, 3.05) is 0 Å². The molecule has 0 saturated heterocycles. The molecule has 0 heterocycles. The summed E-state index contributed by atoms with van der Waals surface area (Å²) in [6.45, 7) is 3.76. The Morgan fingerprint density at radius 2 is 2.00 bits per heavy atom. The minimum atomic E-state index is 0. The zero-order valence-electron chi connectivity index (χ0n) is 4.32. The van der Waals surface area contributed by atoms with Gasteiger partial charge in [-0.25, -0.2) is 0 Å². The standard InChI is InChI=1S/C4H8NO.Ir/c1-4(2)5-3-6;/h4H,1-2H3,(H,5,6);/q-1;. The molecular formula is C4H8IrNO-. The molecule has 45 valence electrons. The average Bonchev–Trinajstić information content (AvgIpc) is 1.35. The van der Waals surface area contributed by atoms with Gasteiger partial charge in [0.2, 0.25) is 0 Å². The van der Waals surface area contributed by atoms with Gasteiger partial charge in [0.05, 0.1) is 0 Å². The molecule has 0 aromatic carbocycles. The number of hydrogen-bond donors (Lipinski definition) is 1. The molecule has 0 saturated carbocycles. The first-order chi connectivity index (χ1) is 2.77. The van der Waals surface area contributed by atoms with Gasteiger partial charge < -0.3 is 10.1 Å². The summed E-state index contributed by atoms with van der Waals surface area (Å²) < 4.78 is 0. The van der Waals surface area contributed by atoms with Gasteiger partial charge in [-0.2, -0.15) is 6.41 Å². The van der Waals surface area contributed by atoms with E-state index in [0.29, 0.717) is 0 Å². The third-order valence-corrected chi connectivity index (χ3v) is 0.348. The van der Waals surface area contributed by atoms with E-state index in [-0.39, 0.29) is 26.1 Å². The molecule has 0 aromatic heterocycles. The van der Waals surface area contributed by atoms with Gasteiger partial charge in [0.25, 0.3) is 0 Å². The number of amides is 1. The van der Waals surface area contributed by atoms with Crippen LogP contribution < -0.4 is 5.32 Å². The molecule has 0 aliphatic heterocycles. The summed E-state index contributed by atoms with van der Waals surface area (Å²) in [6.07, 6.45) is 1.57. The van der Waals surface area contributed by atoms with Crippen LogP contribution in [0.15, 0.2) is 0 Å². The van der Waals surface area contributed by atoms with Gasteiger partial charge in [-0.1, -0.05) is 0 Å². The van der Waals surface area contributed by atoms with Crippen molar-refractivity contribution in [1.82, 2.24) is 5.32 Å². The van der Waals surface area contributed by atoms with Gasteiger partial charge in [0, 0.05) is 20.1 Å². The maximum absolute atomic E-state index is 9.38. The third-order valence-electron chi connectivity index (χ3n) is 0.348. The molecule has 2 nitrogen and oxygen atoms in total. The second-order valence-corrected chi connectivity index (χ2v) is 1.40. The fourth-order valence-corrected chi connectivity index (χ4v) is 0.118. The number of rotatable bonds is 2. The minimum Gasteiger partial charge on any atom is -0.528 e. The topological polar surface area (TPSA) is 29.1 Å². The van der Waals surface area contributed by atoms with Gasteiger partial charge >= 0.3 is 0 Å². The first-order valence-electron chi connectivity index (χ1n) is 1.90. The summed E-state index contributed by atoms with van der Waals surface area (Å²) in [7, 11) is 0. The summed E-state index contributed by atoms with van der Waals surface area (Å²) in [5, 5.41) is 2.40. The molecule has 0 atom stereocenters. The number of hydrogen-bond acceptors (Lipinski definition) is 1. The van der Waals surface area contributed by atoms with Gasteiger partial charge in [-0.15, -0.1) is 0 Å². The molecular weight excluding hydrogens is 270 g/mol. The fraction of sp³-hybridized carbons (Fsp3) is 0.750. The first kappa shape index (κ1) is 10.2. The van der Waals surface area contributed by atoms with Crippen molar-refractivity contribution in [1.29, 1.82) is 0 Å². The van der Waals surface area contributed by atoms with Crippen molar-refractivity contribution in [3.8, 4) is 0 Å². The van der Waals surface area contributed by atoms with E-state index in [0.717, 1.165) is 0 Å². The fourth-order valence-electron chi connectivity index (χ4n) is 0.118. The predicted molar refractivity (Wildman–Crippen MR) is 24.0 cm³/mol. The molecule has 1 amide bonds. The molecule has 0 spiro atoms. The van der Waals surface area contributed by atoms with Crippen LogP contribution in [0.2, 0.25) is 0 Å². The van der Waals surface area contributed by atoms with Gasteiger partial charge in [0.15, 0.2) is 0 Å². The van der Waals surface area contributed by atoms with Crippen molar-refractivity contribution in [2.24, 2.45) is 0 Å². The van der Waals surface area contributed by atoms with Crippen LogP contribution in [0, 0.1) is 0 Å². The first-order valence-corrected chi connectivity index (χ1v) is 1.90. The summed E-state index contributed by atoms with van der Waals surface area (Å²) in [5.74, 6) is 0. The molecule has 0 aromatic rings. The van der Waals surface area contributed by atoms with E-state index >= 15 is 0 Å². The van der Waals surface area contributed by atoms with E-state index in [1.54, 1.807) is 6.41 Å². The average molecular weight is 278 g/mol. The van der Waals surface area contributed by atoms with Crippen molar-refractivity contribution in [3.63, 3.8) is 0 Å². The van der Waals surface area contributed by atoms with E-state index in [4.69, 9.17) is 0 Å². The van der Waals surface area contributed by atoms with Crippen molar-refractivity contribution >= 4 is 6.41 Å². The quantitative estimate of drug-likeness (QED) is 0.561. The van der Waals surface area contributed by atoms with Crippen LogP contribution in [-0.4, -0.2) is 12.5 Å². The van der Waals surface area contributed by atoms with Gasteiger partial charge in [0.1, 0.15) is 0 Å². The Balaban J connectivity index is 0. The van der Waals surface area contributed by atoms with Crippen LogP contribution in [0.3, 0.4) is 0 Å². The molecule has 0 unspecified atom stereocenters. The Morgan fingerprint density at radius 1 is 1.57 bits per heavy atom. The van der Waals surface area contributed by atoms with Crippen LogP contribution in [0.4, 0.5) is 0 Å². The van der Waals surface area contributed by atoms with Crippen LogP contribution in [0.5, 0.6) is 0 Å². The van der Waals surface area contributed by atoms with Crippen molar-refractivity contribution < 1.29 is 24.9 Å². The van der Waals surface area contributed by atoms with Gasteiger partial charge in [-0.3, -0.25) is 0 Å². The Kier molecular flexibility index (Phi) is 8.89. The SMILES string of the molecule is CC(C)N[C-]=O.[Ir]. The normalized spacial score (nSPS) is 7.29. The molecule has 0 aliphatic carbocycles. The van der Waals surface area contributed by atoms with Gasteiger partial charge in [-0.05, 0) is 19.9 Å². The zero-order chi connectivity index (χ0) is 4.99. The van der Waals surface area contributed by atoms with E-state index in [9.17, 15) is 4.79 Å².